The summed E-state index contributed by atoms with van der Waals surface area (Å²) in [4.78, 5) is 24.4. The number of anilines is 1. The molecule has 2 N–H and O–H groups in total. The predicted octanol–water partition coefficient (Wildman–Crippen LogP) is 3.43. The number of H-pyrrole nitrogens is 1. The van der Waals surface area contributed by atoms with Gasteiger partial charge in [0.15, 0.2) is 0 Å². The molecule has 0 spiro atoms. The highest BCUT2D eigenvalue weighted by Crippen LogP contribution is 2.23. The molecule has 0 atom stereocenters. The van der Waals surface area contributed by atoms with Crippen LogP contribution < -0.4 is 5.32 Å². The molecule has 0 bridgehead atoms. The average Bonchev–Trinajstić information content (AvgIpc) is 2.82. The lowest BCUT2D eigenvalue weighted by molar-refractivity contribution is -0.384. The van der Waals surface area contributed by atoms with Gasteiger partial charge < -0.3 is 10.3 Å². The third kappa shape index (κ3) is 3.24. The molecule has 19 heavy (non-hydrogen) atoms. The van der Waals surface area contributed by atoms with Gasteiger partial charge in [0.25, 0.3) is 11.6 Å². The van der Waals surface area contributed by atoms with Crippen LogP contribution in [-0.2, 0) is 0 Å². The van der Waals surface area contributed by atoms with E-state index in [0.717, 1.165) is 3.57 Å². The SMILES string of the molecule is O=C(Nc1ccc(Cl)cc1I)c1cc([N+](=O)[O-])c[nH]1. The fraction of sp³-hybridized carbons (Fsp3) is 0. The molecular weight excluding hydrogens is 384 g/mol. The average molecular weight is 392 g/mol. The maximum absolute atomic E-state index is 11.9. The summed E-state index contributed by atoms with van der Waals surface area (Å²) in [5.41, 5.74) is 0.556. The first kappa shape index (κ1) is 13.8. The molecule has 8 heteroatoms. The molecule has 6 nitrogen and oxygen atoms in total. The number of hydrogen-bond acceptors (Lipinski definition) is 3. The largest absolute Gasteiger partial charge is 0.351 e. The van der Waals surface area contributed by atoms with Crippen LogP contribution in [0.15, 0.2) is 30.5 Å². The van der Waals surface area contributed by atoms with Crippen molar-refractivity contribution in [1.29, 1.82) is 0 Å². The predicted molar refractivity (Wildman–Crippen MR) is 79.6 cm³/mol. The van der Waals surface area contributed by atoms with Gasteiger partial charge in [0.2, 0.25) is 0 Å². The molecule has 1 heterocycles. The Morgan fingerprint density at radius 1 is 1.42 bits per heavy atom. The van der Waals surface area contributed by atoms with Gasteiger partial charge in [-0.05, 0) is 40.8 Å². The first-order chi connectivity index (χ1) is 8.97. The van der Waals surface area contributed by atoms with Crippen LogP contribution >= 0.6 is 34.2 Å². The number of nitrogens with one attached hydrogen (secondary N) is 2. The minimum Gasteiger partial charge on any atom is -0.351 e. The van der Waals surface area contributed by atoms with Gasteiger partial charge in [-0.2, -0.15) is 0 Å². The molecule has 0 saturated carbocycles. The molecule has 1 amide bonds. The molecule has 98 valence electrons. The number of hydrogen-bond donors (Lipinski definition) is 2. The van der Waals surface area contributed by atoms with E-state index in [1.54, 1.807) is 18.2 Å². The van der Waals surface area contributed by atoms with Crippen molar-refractivity contribution < 1.29 is 9.72 Å². The summed E-state index contributed by atoms with van der Waals surface area (Å²) in [6, 6.07) is 6.20. The lowest BCUT2D eigenvalue weighted by atomic mass is 10.3. The van der Waals surface area contributed by atoms with Gasteiger partial charge in [0.05, 0.1) is 16.8 Å². The van der Waals surface area contributed by atoms with E-state index in [1.807, 2.05) is 22.6 Å². The maximum Gasteiger partial charge on any atom is 0.287 e. The minimum atomic E-state index is -0.570. The molecule has 0 saturated heterocycles. The number of amides is 1. The highest BCUT2D eigenvalue weighted by Gasteiger charge is 2.15. The Bertz CT molecular complexity index is 656. The summed E-state index contributed by atoms with van der Waals surface area (Å²) < 4.78 is 0.777. The summed E-state index contributed by atoms with van der Waals surface area (Å²) >= 11 is 7.85. The third-order valence-corrected chi connectivity index (χ3v) is 3.43. The van der Waals surface area contributed by atoms with Crippen molar-refractivity contribution in [3.8, 4) is 0 Å². The van der Waals surface area contributed by atoms with E-state index in [4.69, 9.17) is 11.6 Å². The van der Waals surface area contributed by atoms with Crippen molar-refractivity contribution in [1.82, 2.24) is 4.98 Å². The lowest BCUT2D eigenvalue weighted by Crippen LogP contribution is -2.13. The van der Waals surface area contributed by atoms with Crippen LogP contribution in [0.1, 0.15) is 10.5 Å². The topological polar surface area (TPSA) is 88.0 Å². The molecule has 0 fully saturated rings. The summed E-state index contributed by atoms with van der Waals surface area (Å²) in [5.74, 6) is -0.451. The van der Waals surface area contributed by atoms with Crippen LogP contribution in [0.4, 0.5) is 11.4 Å². The number of aromatic amines is 1. The molecule has 2 rings (SSSR count). The van der Waals surface area contributed by atoms with Crippen LogP contribution in [0, 0.1) is 13.7 Å². The highest BCUT2D eigenvalue weighted by molar-refractivity contribution is 14.1. The van der Waals surface area contributed by atoms with Crippen LogP contribution in [0.25, 0.3) is 0 Å². The normalized spacial score (nSPS) is 10.2. The van der Waals surface area contributed by atoms with E-state index in [0.29, 0.717) is 10.7 Å². The Morgan fingerprint density at radius 2 is 2.16 bits per heavy atom. The molecule has 0 unspecified atom stereocenters. The van der Waals surface area contributed by atoms with Gasteiger partial charge in [-0.15, -0.1) is 0 Å². The van der Waals surface area contributed by atoms with Crippen molar-refractivity contribution in [2.45, 2.75) is 0 Å². The molecular formula is C11H7ClIN3O3. The first-order valence-electron chi connectivity index (χ1n) is 5.06. The van der Waals surface area contributed by atoms with E-state index < -0.39 is 10.8 Å². The van der Waals surface area contributed by atoms with Gasteiger partial charge in [0, 0.05) is 14.7 Å². The third-order valence-electron chi connectivity index (χ3n) is 2.30. The Hall–Kier alpha value is -1.61. The number of benzene rings is 1. The second kappa shape index (κ2) is 5.57. The number of halogens is 2. The maximum atomic E-state index is 11.9. The van der Waals surface area contributed by atoms with Crippen molar-refractivity contribution >= 4 is 51.5 Å². The molecule has 0 aliphatic heterocycles. The van der Waals surface area contributed by atoms with E-state index in [1.165, 1.54) is 12.3 Å². The van der Waals surface area contributed by atoms with Crippen LogP contribution in [0.2, 0.25) is 5.02 Å². The molecule has 1 aromatic carbocycles. The first-order valence-corrected chi connectivity index (χ1v) is 6.52. The molecule has 2 aromatic rings. The van der Waals surface area contributed by atoms with Crippen LogP contribution in [0.5, 0.6) is 0 Å². The monoisotopic (exact) mass is 391 g/mol. The Balaban J connectivity index is 2.18. The minimum absolute atomic E-state index is 0.123. The Labute approximate surface area is 126 Å². The number of nitrogens with zero attached hydrogens (tertiary/aromatic N) is 1. The molecule has 0 aliphatic carbocycles. The number of nitro groups is 1. The number of aromatic nitrogens is 1. The quantitative estimate of drug-likeness (QED) is 0.477. The van der Waals surface area contributed by atoms with Crippen molar-refractivity contribution in [3.63, 3.8) is 0 Å². The second-order valence-electron chi connectivity index (χ2n) is 3.61. The van der Waals surface area contributed by atoms with E-state index in [-0.39, 0.29) is 11.4 Å². The van der Waals surface area contributed by atoms with Gasteiger partial charge in [-0.25, -0.2) is 0 Å². The summed E-state index contributed by atoms with van der Waals surface area (Å²) in [7, 11) is 0. The van der Waals surface area contributed by atoms with Gasteiger partial charge in [-0.3, -0.25) is 14.9 Å². The smallest absolute Gasteiger partial charge is 0.287 e. The Kier molecular flexibility index (Phi) is 4.05. The molecule has 0 radical (unpaired) electrons. The zero-order chi connectivity index (χ0) is 14.0. The summed E-state index contributed by atoms with van der Waals surface area (Å²) in [6.07, 6.45) is 1.17. The van der Waals surface area contributed by atoms with E-state index in [9.17, 15) is 14.9 Å². The Morgan fingerprint density at radius 3 is 2.74 bits per heavy atom. The molecule has 0 aliphatic rings. The van der Waals surface area contributed by atoms with Gasteiger partial charge in [0.1, 0.15) is 5.69 Å². The number of carbonyl (C=O) groups excluding carboxylic acids is 1. The highest BCUT2D eigenvalue weighted by atomic mass is 127. The fourth-order valence-corrected chi connectivity index (χ4v) is 2.41. The number of rotatable bonds is 3. The zero-order valence-electron chi connectivity index (χ0n) is 9.31. The fourth-order valence-electron chi connectivity index (χ4n) is 1.40. The zero-order valence-corrected chi connectivity index (χ0v) is 12.2. The number of carbonyl (C=O) groups is 1. The lowest BCUT2D eigenvalue weighted by Gasteiger charge is -2.06. The second-order valence-corrected chi connectivity index (χ2v) is 5.21. The molecule has 1 aromatic heterocycles. The van der Waals surface area contributed by atoms with Crippen molar-refractivity contribution in [3.05, 3.63) is 54.9 Å². The van der Waals surface area contributed by atoms with Gasteiger partial charge in [-0.1, -0.05) is 11.6 Å². The van der Waals surface area contributed by atoms with E-state index >= 15 is 0 Å². The van der Waals surface area contributed by atoms with Crippen molar-refractivity contribution in [2.24, 2.45) is 0 Å². The summed E-state index contributed by atoms with van der Waals surface area (Å²) in [5, 5.41) is 13.7. The van der Waals surface area contributed by atoms with Gasteiger partial charge >= 0.3 is 0 Å². The van der Waals surface area contributed by atoms with E-state index in [2.05, 4.69) is 10.3 Å². The van der Waals surface area contributed by atoms with Crippen molar-refractivity contribution in [2.75, 3.05) is 5.32 Å². The van der Waals surface area contributed by atoms with Crippen LogP contribution in [-0.4, -0.2) is 15.8 Å². The standard InChI is InChI=1S/C11H7ClIN3O3/c12-6-1-2-9(8(13)3-6)15-11(17)10-4-7(5-14-10)16(18)19/h1-5,14H,(H,15,17). The van der Waals surface area contributed by atoms with Crippen LogP contribution in [0.3, 0.4) is 0 Å². The summed E-state index contributed by atoms with van der Waals surface area (Å²) in [6.45, 7) is 0.